The zero-order chi connectivity index (χ0) is 13.2. The van der Waals surface area contributed by atoms with Crippen molar-refractivity contribution in [3.8, 4) is 0 Å². The highest BCUT2D eigenvalue weighted by molar-refractivity contribution is 6.36. The number of rotatable bonds is 1. The average molecular weight is 282 g/mol. The SMILES string of the molecule is NC(N)=NC(N)=Nc1cc(F)c(Cl)c(F)c1Cl. The molecular weight excluding hydrogens is 275 g/mol. The van der Waals surface area contributed by atoms with Crippen LogP contribution in [0.2, 0.25) is 10.0 Å². The summed E-state index contributed by atoms with van der Waals surface area (Å²) in [5.41, 5.74) is 15.1. The zero-order valence-electron chi connectivity index (χ0n) is 8.22. The van der Waals surface area contributed by atoms with Gasteiger partial charge in [-0.15, -0.1) is 0 Å². The van der Waals surface area contributed by atoms with E-state index >= 15 is 0 Å². The lowest BCUT2D eigenvalue weighted by atomic mass is 10.3. The molecule has 5 nitrogen and oxygen atoms in total. The first-order valence-electron chi connectivity index (χ1n) is 4.09. The molecule has 0 aliphatic carbocycles. The molecule has 0 aliphatic heterocycles. The number of hydrogen-bond acceptors (Lipinski definition) is 1. The molecule has 0 amide bonds. The highest BCUT2D eigenvalue weighted by atomic mass is 35.5. The van der Waals surface area contributed by atoms with Crippen molar-refractivity contribution >= 4 is 40.8 Å². The van der Waals surface area contributed by atoms with Crippen molar-refractivity contribution in [1.82, 2.24) is 0 Å². The first-order valence-corrected chi connectivity index (χ1v) is 4.85. The normalized spacial score (nSPS) is 11.4. The Labute approximate surface area is 105 Å². The molecule has 92 valence electrons. The summed E-state index contributed by atoms with van der Waals surface area (Å²) < 4.78 is 26.4. The third kappa shape index (κ3) is 3.18. The number of guanidine groups is 2. The monoisotopic (exact) mass is 281 g/mol. The van der Waals surface area contributed by atoms with Gasteiger partial charge in [-0.1, -0.05) is 23.2 Å². The van der Waals surface area contributed by atoms with E-state index in [2.05, 4.69) is 9.98 Å². The Morgan fingerprint density at radius 2 is 1.71 bits per heavy atom. The zero-order valence-corrected chi connectivity index (χ0v) is 9.73. The summed E-state index contributed by atoms with van der Waals surface area (Å²) in [6.07, 6.45) is 0. The van der Waals surface area contributed by atoms with Crippen LogP contribution in [0.15, 0.2) is 16.1 Å². The summed E-state index contributed by atoms with van der Waals surface area (Å²) in [5.74, 6) is -2.90. The van der Waals surface area contributed by atoms with E-state index in [1.54, 1.807) is 0 Å². The van der Waals surface area contributed by atoms with E-state index in [1.165, 1.54) is 0 Å². The van der Waals surface area contributed by atoms with Crippen LogP contribution >= 0.6 is 23.2 Å². The van der Waals surface area contributed by atoms with Gasteiger partial charge < -0.3 is 17.2 Å². The summed E-state index contributed by atoms with van der Waals surface area (Å²) in [6, 6.07) is 0.808. The lowest BCUT2D eigenvalue weighted by Gasteiger charge is -2.03. The second kappa shape index (κ2) is 5.15. The van der Waals surface area contributed by atoms with Gasteiger partial charge in [-0.3, -0.25) is 0 Å². The van der Waals surface area contributed by atoms with Crippen molar-refractivity contribution in [3.05, 3.63) is 27.7 Å². The van der Waals surface area contributed by atoms with Gasteiger partial charge in [-0.05, 0) is 0 Å². The fourth-order valence-electron chi connectivity index (χ4n) is 0.922. The highest BCUT2D eigenvalue weighted by Crippen LogP contribution is 2.34. The van der Waals surface area contributed by atoms with E-state index < -0.39 is 27.6 Å². The van der Waals surface area contributed by atoms with E-state index in [9.17, 15) is 8.78 Å². The Bertz CT molecular complexity index is 511. The van der Waals surface area contributed by atoms with E-state index in [-0.39, 0.29) is 11.6 Å². The Kier molecular flexibility index (Phi) is 4.08. The molecule has 0 saturated heterocycles. The predicted molar refractivity (Wildman–Crippen MR) is 63.5 cm³/mol. The molecule has 0 bridgehead atoms. The molecule has 1 rings (SSSR count). The molecule has 0 aromatic heterocycles. The number of nitrogens with zero attached hydrogens (tertiary/aromatic N) is 2. The van der Waals surface area contributed by atoms with Gasteiger partial charge in [0.15, 0.2) is 11.8 Å². The fraction of sp³-hybridized carbons (Fsp3) is 0. The largest absolute Gasteiger partial charge is 0.370 e. The second-order valence-corrected chi connectivity index (χ2v) is 3.58. The summed E-state index contributed by atoms with van der Waals surface area (Å²) >= 11 is 10.8. The van der Waals surface area contributed by atoms with E-state index in [1.807, 2.05) is 0 Å². The minimum Gasteiger partial charge on any atom is -0.370 e. The van der Waals surface area contributed by atoms with Gasteiger partial charge in [-0.25, -0.2) is 13.8 Å². The molecule has 1 aromatic carbocycles. The molecule has 0 saturated carbocycles. The van der Waals surface area contributed by atoms with Gasteiger partial charge in [0, 0.05) is 6.07 Å². The van der Waals surface area contributed by atoms with Crippen molar-refractivity contribution in [2.45, 2.75) is 0 Å². The lowest BCUT2D eigenvalue weighted by Crippen LogP contribution is -2.26. The maximum Gasteiger partial charge on any atom is 0.223 e. The number of benzene rings is 1. The standard InChI is InChI=1S/C8H7Cl2F2N5/c9-4-2(11)1-3(5(10)6(4)12)16-8(15)17-7(13)14/h1H,(H6,13,14,15,16,17). The third-order valence-electron chi connectivity index (χ3n) is 1.56. The van der Waals surface area contributed by atoms with Gasteiger partial charge in [0.1, 0.15) is 15.9 Å². The first-order chi connectivity index (χ1) is 7.82. The van der Waals surface area contributed by atoms with Gasteiger partial charge >= 0.3 is 0 Å². The Balaban J connectivity index is 3.30. The van der Waals surface area contributed by atoms with Crippen molar-refractivity contribution in [2.75, 3.05) is 0 Å². The lowest BCUT2D eigenvalue weighted by molar-refractivity contribution is 0.585. The molecule has 0 atom stereocenters. The van der Waals surface area contributed by atoms with Crippen LogP contribution in [0.1, 0.15) is 0 Å². The van der Waals surface area contributed by atoms with Crippen molar-refractivity contribution in [1.29, 1.82) is 0 Å². The highest BCUT2D eigenvalue weighted by Gasteiger charge is 2.15. The fourth-order valence-corrected chi connectivity index (χ4v) is 1.31. The number of hydrogen-bond donors (Lipinski definition) is 3. The number of nitrogens with two attached hydrogens (primary N) is 3. The summed E-state index contributed by atoms with van der Waals surface area (Å²) in [4.78, 5) is 6.90. The van der Waals surface area contributed by atoms with Crippen LogP contribution in [0.5, 0.6) is 0 Å². The Morgan fingerprint density at radius 1 is 1.12 bits per heavy atom. The summed E-state index contributed by atoms with van der Waals surface area (Å²) in [7, 11) is 0. The second-order valence-electron chi connectivity index (χ2n) is 2.83. The van der Waals surface area contributed by atoms with Gasteiger partial charge in [0.25, 0.3) is 0 Å². The smallest absolute Gasteiger partial charge is 0.223 e. The average Bonchev–Trinajstić information content (AvgIpc) is 2.21. The van der Waals surface area contributed by atoms with Crippen LogP contribution < -0.4 is 17.2 Å². The molecular formula is C8H7Cl2F2N5. The van der Waals surface area contributed by atoms with Crippen LogP contribution in [0.25, 0.3) is 0 Å². The molecule has 0 spiro atoms. The predicted octanol–water partition coefficient (Wildman–Crippen LogP) is 1.49. The van der Waals surface area contributed by atoms with Crippen molar-refractivity contribution in [2.24, 2.45) is 27.2 Å². The van der Waals surface area contributed by atoms with Crippen LogP contribution in [0, 0.1) is 11.6 Å². The molecule has 9 heteroatoms. The van der Waals surface area contributed by atoms with Gasteiger partial charge in [0.05, 0.1) is 5.69 Å². The topological polar surface area (TPSA) is 103 Å². The molecule has 0 radical (unpaired) electrons. The van der Waals surface area contributed by atoms with E-state index in [0.717, 1.165) is 6.07 Å². The molecule has 17 heavy (non-hydrogen) atoms. The molecule has 0 fully saturated rings. The summed E-state index contributed by atoms with van der Waals surface area (Å²) in [6.45, 7) is 0. The maximum atomic E-state index is 13.3. The molecule has 0 aliphatic rings. The van der Waals surface area contributed by atoms with Crippen LogP contribution in [0.4, 0.5) is 14.5 Å². The van der Waals surface area contributed by atoms with Crippen LogP contribution in [0.3, 0.4) is 0 Å². The summed E-state index contributed by atoms with van der Waals surface area (Å²) in [5, 5.41) is -1.21. The van der Waals surface area contributed by atoms with Crippen LogP contribution in [-0.4, -0.2) is 11.9 Å². The number of halogens is 4. The third-order valence-corrected chi connectivity index (χ3v) is 2.27. The van der Waals surface area contributed by atoms with Gasteiger partial charge in [-0.2, -0.15) is 4.99 Å². The quantitative estimate of drug-likeness (QED) is 0.314. The van der Waals surface area contributed by atoms with E-state index in [4.69, 9.17) is 40.4 Å². The van der Waals surface area contributed by atoms with E-state index in [0.29, 0.717) is 0 Å². The maximum absolute atomic E-state index is 13.3. The van der Waals surface area contributed by atoms with Crippen molar-refractivity contribution < 1.29 is 8.78 Å². The minimum atomic E-state index is -1.13. The van der Waals surface area contributed by atoms with Gasteiger partial charge in [0.2, 0.25) is 5.96 Å². The molecule has 0 unspecified atom stereocenters. The Hall–Kier alpha value is -1.60. The molecule has 1 aromatic rings. The number of aliphatic imine (C=N–C) groups is 2. The Morgan fingerprint density at radius 3 is 2.24 bits per heavy atom. The van der Waals surface area contributed by atoms with Crippen LogP contribution in [-0.2, 0) is 0 Å². The van der Waals surface area contributed by atoms with Crippen molar-refractivity contribution in [3.63, 3.8) is 0 Å². The minimum absolute atomic E-state index is 0.270. The molecule has 6 N–H and O–H groups in total. The molecule has 0 heterocycles. The first kappa shape index (κ1) is 13.5.